The van der Waals surface area contributed by atoms with Gasteiger partial charge in [0.15, 0.2) is 0 Å². The number of rotatable bonds is 6. The molecule has 1 fully saturated rings. The lowest BCUT2D eigenvalue weighted by Gasteiger charge is -2.34. The van der Waals surface area contributed by atoms with Crippen LogP contribution in [0.4, 0.5) is 5.82 Å². The first-order valence-electron chi connectivity index (χ1n) is 8.67. The van der Waals surface area contributed by atoms with Gasteiger partial charge in [-0.2, -0.15) is 4.31 Å². The molecule has 1 saturated heterocycles. The molecule has 0 atom stereocenters. The number of carbonyl (C=O) groups is 1. The van der Waals surface area contributed by atoms with Gasteiger partial charge in [0.2, 0.25) is 10.0 Å². The summed E-state index contributed by atoms with van der Waals surface area (Å²) >= 11 is 0. The minimum atomic E-state index is -3.59. The summed E-state index contributed by atoms with van der Waals surface area (Å²) in [6.45, 7) is 5.84. The summed E-state index contributed by atoms with van der Waals surface area (Å²) in [5, 5.41) is 2.66. The van der Waals surface area contributed by atoms with Crippen molar-refractivity contribution in [3.63, 3.8) is 0 Å². The molecular weight excluding hydrogens is 364 g/mol. The van der Waals surface area contributed by atoms with Crippen LogP contribution in [0.1, 0.15) is 10.4 Å². The summed E-state index contributed by atoms with van der Waals surface area (Å²) in [7, 11) is -3.59. The molecule has 27 heavy (non-hydrogen) atoms. The molecule has 0 spiro atoms. The number of carbonyl (C=O) groups excluding carboxylic acids is 1. The molecule has 1 N–H and O–H groups in total. The van der Waals surface area contributed by atoms with Gasteiger partial charge in [0.05, 0.1) is 4.90 Å². The van der Waals surface area contributed by atoms with Crippen molar-refractivity contribution in [1.82, 2.24) is 14.6 Å². The minimum Gasteiger partial charge on any atom is -0.354 e. The number of sulfonamides is 1. The van der Waals surface area contributed by atoms with E-state index in [0.717, 1.165) is 5.82 Å². The number of hydrogen-bond acceptors (Lipinski definition) is 5. The van der Waals surface area contributed by atoms with Crippen molar-refractivity contribution in [2.75, 3.05) is 37.6 Å². The Morgan fingerprint density at radius 2 is 1.81 bits per heavy atom. The third-order valence-corrected chi connectivity index (χ3v) is 6.29. The van der Waals surface area contributed by atoms with Gasteiger partial charge in [-0.1, -0.05) is 12.1 Å². The van der Waals surface area contributed by atoms with Crippen LogP contribution in [0.25, 0.3) is 0 Å². The second-order valence-corrected chi connectivity index (χ2v) is 8.04. The fourth-order valence-corrected chi connectivity index (χ4v) is 4.31. The standard InChI is InChI=1S/C19H22N4O3S/c1-2-10-21-19(24)16-6-8-17(9-7-16)27(25,26)23-14-12-22(13-15-23)18-5-3-4-11-20-18/h2-9,11H,1,10,12-15H2,(H,21,24). The predicted octanol–water partition coefficient (Wildman–Crippen LogP) is 1.51. The first kappa shape index (κ1) is 19.1. The molecule has 0 bridgehead atoms. The largest absolute Gasteiger partial charge is 0.354 e. The first-order chi connectivity index (χ1) is 13.0. The highest BCUT2D eigenvalue weighted by Gasteiger charge is 2.28. The molecule has 2 aromatic rings. The van der Waals surface area contributed by atoms with Crippen LogP contribution in [-0.2, 0) is 10.0 Å². The average Bonchev–Trinajstić information content (AvgIpc) is 2.73. The van der Waals surface area contributed by atoms with E-state index in [-0.39, 0.29) is 10.8 Å². The van der Waals surface area contributed by atoms with Crippen molar-refractivity contribution < 1.29 is 13.2 Å². The monoisotopic (exact) mass is 386 g/mol. The second kappa shape index (κ2) is 8.32. The number of piperazine rings is 1. The van der Waals surface area contributed by atoms with E-state index >= 15 is 0 Å². The molecule has 3 rings (SSSR count). The van der Waals surface area contributed by atoms with E-state index in [1.54, 1.807) is 12.3 Å². The van der Waals surface area contributed by atoms with Crippen molar-refractivity contribution >= 4 is 21.7 Å². The number of nitrogens with zero attached hydrogens (tertiary/aromatic N) is 3. The fraction of sp³-hybridized carbons (Fsp3) is 0.263. The number of nitrogens with one attached hydrogen (secondary N) is 1. The molecule has 0 saturated carbocycles. The molecule has 0 aliphatic carbocycles. The predicted molar refractivity (Wildman–Crippen MR) is 104 cm³/mol. The Kier molecular flexibility index (Phi) is 5.88. The molecular formula is C19H22N4O3S. The van der Waals surface area contributed by atoms with Gasteiger partial charge in [-0.15, -0.1) is 6.58 Å². The number of aromatic nitrogens is 1. The molecule has 0 unspecified atom stereocenters. The van der Waals surface area contributed by atoms with Crippen molar-refractivity contribution in [1.29, 1.82) is 0 Å². The number of pyridine rings is 1. The Hall–Kier alpha value is -2.71. The van der Waals surface area contributed by atoms with Crippen molar-refractivity contribution in [3.05, 3.63) is 66.9 Å². The highest BCUT2D eigenvalue weighted by Crippen LogP contribution is 2.20. The third-order valence-electron chi connectivity index (χ3n) is 4.37. The Morgan fingerprint density at radius 3 is 2.41 bits per heavy atom. The first-order valence-corrected chi connectivity index (χ1v) is 10.1. The number of hydrogen-bond donors (Lipinski definition) is 1. The zero-order valence-electron chi connectivity index (χ0n) is 14.9. The van der Waals surface area contributed by atoms with Gasteiger partial charge in [-0.3, -0.25) is 4.79 Å². The molecule has 1 aliphatic rings. The smallest absolute Gasteiger partial charge is 0.251 e. The molecule has 2 heterocycles. The van der Waals surface area contributed by atoms with Crippen LogP contribution in [0.5, 0.6) is 0 Å². The van der Waals surface area contributed by atoms with E-state index in [0.29, 0.717) is 38.3 Å². The van der Waals surface area contributed by atoms with Crippen LogP contribution >= 0.6 is 0 Å². The quantitative estimate of drug-likeness (QED) is 0.761. The van der Waals surface area contributed by atoms with E-state index < -0.39 is 10.0 Å². The van der Waals surface area contributed by atoms with Crippen LogP contribution in [0.3, 0.4) is 0 Å². The topological polar surface area (TPSA) is 82.6 Å². The van der Waals surface area contributed by atoms with Gasteiger partial charge >= 0.3 is 0 Å². The van der Waals surface area contributed by atoms with Crippen molar-refractivity contribution in [2.45, 2.75) is 4.90 Å². The van der Waals surface area contributed by atoms with Gasteiger partial charge in [-0.05, 0) is 36.4 Å². The van der Waals surface area contributed by atoms with E-state index in [1.807, 2.05) is 18.2 Å². The summed E-state index contributed by atoms with van der Waals surface area (Å²) in [4.78, 5) is 18.5. The van der Waals surface area contributed by atoms with Crippen LogP contribution in [-0.4, -0.2) is 56.3 Å². The lowest BCUT2D eigenvalue weighted by atomic mass is 10.2. The van der Waals surface area contributed by atoms with E-state index in [2.05, 4.69) is 21.8 Å². The second-order valence-electron chi connectivity index (χ2n) is 6.10. The third kappa shape index (κ3) is 4.35. The summed E-state index contributed by atoms with van der Waals surface area (Å²) in [6.07, 6.45) is 3.31. The van der Waals surface area contributed by atoms with E-state index in [1.165, 1.54) is 28.6 Å². The van der Waals surface area contributed by atoms with Gasteiger partial charge in [0.25, 0.3) is 5.91 Å². The maximum Gasteiger partial charge on any atom is 0.251 e. The molecule has 0 radical (unpaired) electrons. The average molecular weight is 386 g/mol. The summed E-state index contributed by atoms with van der Waals surface area (Å²) in [5.41, 5.74) is 0.413. The Bertz CT molecular complexity index is 890. The summed E-state index contributed by atoms with van der Waals surface area (Å²) in [6, 6.07) is 11.7. The maximum atomic E-state index is 12.9. The molecule has 142 valence electrons. The maximum absolute atomic E-state index is 12.9. The lowest BCUT2D eigenvalue weighted by Crippen LogP contribution is -2.48. The number of benzene rings is 1. The minimum absolute atomic E-state index is 0.189. The van der Waals surface area contributed by atoms with Gasteiger partial charge in [-0.25, -0.2) is 13.4 Å². The molecule has 1 aromatic heterocycles. The highest BCUT2D eigenvalue weighted by molar-refractivity contribution is 7.89. The Labute approximate surface area is 159 Å². The Morgan fingerprint density at radius 1 is 1.11 bits per heavy atom. The molecule has 7 nitrogen and oxygen atoms in total. The molecule has 1 amide bonds. The van der Waals surface area contributed by atoms with Crippen LogP contribution in [0, 0.1) is 0 Å². The SMILES string of the molecule is C=CCNC(=O)c1ccc(S(=O)(=O)N2CCN(c3ccccn3)CC2)cc1. The number of amides is 1. The fourth-order valence-electron chi connectivity index (χ4n) is 2.89. The zero-order chi connectivity index (χ0) is 19.3. The van der Waals surface area contributed by atoms with Crippen LogP contribution in [0.15, 0.2) is 66.2 Å². The summed E-state index contributed by atoms with van der Waals surface area (Å²) < 4.78 is 27.2. The highest BCUT2D eigenvalue weighted by atomic mass is 32.2. The van der Waals surface area contributed by atoms with E-state index in [9.17, 15) is 13.2 Å². The molecule has 1 aliphatic heterocycles. The Balaban J connectivity index is 1.66. The lowest BCUT2D eigenvalue weighted by molar-refractivity contribution is 0.0958. The van der Waals surface area contributed by atoms with Gasteiger partial charge < -0.3 is 10.2 Å². The number of anilines is 1. The molecule has 8 heteroatoms. The van der Waals surface area contributed by atoms with Gasteiger partial charge in [0, 0.05) is 44.5 Å². The van der Waals surface area contributed by atoms with Crippen LogP contribution < -0.4 is 10.2 Å². The van der Waals surface area contributed by atoms with Crippen molar-refractivity contribution in [2.24, 2.45) is 0 Å². The van der Waals surface area contributed by atoms with E-state index in [4.69, 9.17) is 0 Å². The summed E-state index contributed by atoms with van der Waals surface area (Å²) in [5.74, 6) is 0.590. The molecule has 1 aromatic carbocycles. The van der Waals surface area contributed by atoms with Crippen molar-refractivity contribution in [3.8, 4) is 0 Å². The normalized spacial score (nSPS) is 15.3. The van der Waals surface area contributed by atoms with Crippen LogP contribution in [0.2, 0.25) is 0 Å². The van der Waals surface area contributed by atoms with Gasteiger partial charge in [0.1, 0.15) is 5.82 Å². The zero-order valence-corrected chi connectivity index (χ0v) is 15.7.